The lowest BCUT2D eigenvalue weighted by Gasteiger charge is -2.19. The third-order valence-electron chi connectivity index (χ3n) is 3.39. The molecular weight excluding hydrogens is 348 g/mol. The summed E-state index contributed by atoms with van der Waals surface area (Å²) >= 11 is 0.988. The Bertz CT molecular complexity index is 772. The van der Waals surface area contributed by atoms with Crippen molar-refractivity contribution < 1.29 is 18.3 Å². The highest BCUT2D eigenvalue weighted by Gasteiger charge is 2.17. The van der Waals surface area contributed by atoms with E-state index in [9.17, 15) is 13.2 Å². The molecule has 0 saturated carbocycles. The van der Waals surface area contributed by atoms with E-state index in [-0.39, 0.29) is 10.6 Å². The Morgan fingerprint density at radius 3 is 2.58 bits per heavy atom. The summed E-state index contributed by atoms with van der Waals surface area (Å²) < 4.78 is 27.1. The van der Waals surface area contributed by atoms with Gasteiger partial charge in [-0.25, -0.2) is 13.1 Å². The molecule has 24 heavy (non-hydrogen) atoms. The first kappa shape index (κ1) is 18.4. The van der Waals surface area contributed by atoms with Crippen molar-refractivity contribution in [1.82, 2.24) is 4.72 Å². The van der Waals surface area contributed by atoms with Gasteiger partial charge in [0.15, 0.2) is 0 Å². The van der Waals surface area contributed by atoms with Crippen LogP contribution in [0, 0.1) is 0 Å². The number of sulfonamides is 1. The second-order valence-electron chi connectivity index (χ2n) is 5.30. The van der Waals surface area contributed by atoms with Crippen molar-refractivity contribution in [2.45, 2.75) is 17.1 Å². The molecule has 2 rings (SSSR count). The predicted octanol–water partition coefficient (Wildman–Crippen LogP) is 2.18. The first-order valence-corrected chi connectivity index (χ1v) is 9.75. The number of carboxylic acid groups (broad SMARTS) is 1. The number of nitrogens with zero attached hydrogens (tertiary/aromatic N) is 1. The second kappa shape index (κ2) is 8.27. The van der Waals surface area contributed by atoms with Gasteiger partial charge in [0.05, 0.1) is 6.42 Å². The number of hydrogen-bond acceptors (Lipinski definition) is 5. The van der Waals surface area contributed by atoms with Crippen molar-refractivity contribution in [3.8, 4) is 0 Å². The van der Waals surface area contributed by atoms with Crippen molar-refractivity contribution in [3.63, 3.8) is 0 Å². The quantitative estimate of drug-likeness (QED) is 0.663. The monoisotopic (exact) mass is 368 g/mol. The summed E-state index contributed by atoms with van der Waals surface area (Å²) in [6.07, 6.45) is 0.500. The van der Waals surface area contributed by atoms with Gasteiger partial charge < -0.3 is 10.0 Å². The van der Waals surface area contributed by atoms with Crippen molar-refractivity contribution in [2.24, 2.45) is 0 Å². The first-order chi connectivity index (χ1) is 11.4. The number of aliphatic carboxylic acids is 1. The Kier molecular flexibility index (Phi) is 6.36. The average molecular weight is 368 g/mol. The summed E-state index contributed by atoms with van der Waals surface area (Å²) in [6, 6.07) is 12.8. The largest absolute Gasteiger partial charge is 0.481 e. The molecule has 1 aromatic heterocycles. The molecule has 0 unspecified atom stereocenters. The molecule has 0 radical (unpaired) electrons. The van der Waals surface area contributed by atoms with E-state index < -0.39 is 16.0 Å². The normalized spacial score (nSPS) is 11.4. The zero-order chi connectivity index (χ0) is 17.6. The number of anilines is 1. The van der Waals surface area contributed by atoms with E-state index in [1.165, 1.54) is 12.1 Å². The molecule has 0 aliphatic carbocycles. The number of hydrogen-bond donors (Lipinski definition) is 2. The predicted molar refractivity (Wildman–Crippen MR) is 95.2 cm³/mol. The van der Waals surface area contributed by atoms with Gasteiger partial charge in [0.1, 0.15) is 4.21 Å². The smallest absolute Gasteiger partial charge is 0.308 e. The lowest BCUT2D eigenvalue weighted by atomic mass is 10.3. The maximum atomic E-state index is 12.2. The highest BCUT2D eigenvalue weighted by atomic mass is 32.2. The lowest BCUT2D eigenvalue weighted by Crippen LogP contribution is -2.27. The molecule has 6 nitrogen and oxygen atoms in total. The number of nitrogens with one attached hydrogen (secondary N) is 1. The van der Waals surface area contributed by atoms with Gasteiger partial charge in [0.2, 0.25) is 10.0 Å². The molecule has 8 heteroatoms. The van der Waals surface area contributed by atoms with Crippen molar-refractivity contribution >= 4 is 33.0 Å². The summed E-state index contributed by atoms with van der Waals surface area (Å²) in [6.45, 7) is 1.05. The molecule has 2 aromatic rings. The van der Waals surface area contributed by atoms with E-state index in [1.54, 1.807) is 0 Å². The van der Waals surface area contributed by atoms with E-state index in [0.29, 0.717) is 17.8 Å². The van der Waals surface area contributed by atoms with Gasteiger partial charge in [-0.2, -0.15) is 0 Å². The maximum absolute atomic E-state index is 12.2. The highest BCUT2D eigenvalue weighted by Crippen LogP contribution is 2.21. The minimum atomic E-state index is -3.58. The number of rotatable bonds is 9. The van der Waals surface area contributed by atoms with Gasteiger partial charge in [-0.1, -0.05) is 18.2 Å². The fraction of sp³-hybridized carbons (Fsp3) is 0.312. The number of carbonyl (C=O) groups is 1. The van der Waals surface area contributed by atoms with E-state index in [2.05, 4.69) is 9.62 Å². The lowest BCUT2D eigenvalue weighted by molar-refractivity contribution is -0.136. The van der Waals surface area contributed by atoms with Crippen LogP contribution in [0.3, 0.4) is 0 Å². The zero-order valence-corrected chi connectivity index (χ0v) is 14.9. The molecule has 0 aliphatic heterocycles. The summed E-state index contributed by atoms with van der Waals surface area (Å²) in [4.78, 5) is 13.2. The minimum absolute atomic E-state index is 0.148. The molecule has 0 amide bonds. The van der Waals surface area contributed by atoms with E-state index in [1.807, 2.05) is 37.4 Å². The second-order valence-corrected chi connectivity index (χ2v) is 8.46. The van der Waals surface area contributed by atoms with Gasteiger partial charge >= 0.3 is 5.97 Å². The average Bonchev–Trinajstić information content (AvgIpc) is 3.01. The van der Waals surface area contributed by atoms with Crippen LogP contribution in [-0.4, -0.2) is 39.6 Å². The third-order valence-corrected chi connectivity index (χ3v) is 6.42. The van der Waals surface area contributed by atoms with Crippen LogP contribution >= 0.6 is 11.3 Å². The third kappa shape index (κ3) is 5.33. The van der Waals surface area contributed by atoms with E-state index >= 15 is 0 Å². The van der Waals surface area contributed by atoms with Gasteiger partial charge in [0.25, 0.3) is 0 Å². The SMILES string of the molecule is CN(CCCNS(=O)(=O)c1ccc(CC(=O)O)s1)c1ccccc1. The zero-order valence-electron chi connectivity index (χ0n) is 13.3. The van der Waals surface area contributed by atoms with E-state index in [0.717, 1.165) is 23.6 Å². The molecule has 0 atom stereocenters. The molecule has 130 valence electrons. The number of carboxylic acids is 1. The van der Waals surface area contributed by atoms with Crippen molar-refractivity contribution in [2.75, 3.05) is 25.0 Å². The maximum Gasteiger partial charge on any atom is 0.308 e. The number of para-hydroxylation sites is 1. The fourth-order valence-electron chi connectivity index (χ4n) is 2.15. The highest BCUT2D eigenvalue weighted by molar-refractivity contribution is 7.91. The molecule has 1 aromatic carbocycles. The topological polar surface area (TPSA) is 86.7 Å². The Morgan fingerprint density at radius 2 is 1.92 bits per heavy atom. The molecule has 0 spiro atoms. The van der Waals surface area contributed by atoms with Crippen LogP contribution < -0.4 is 9.62 Å². The number of thiophene rings is 1. The summed E-state index contributed by atoms with van der Waals surface area (Å²) in [5.74, 6) is -0.974. The molecule has 0 saturated heterocycles. The fourth-order valence-corrected chi connectivity index (χ4v) is 4.62. The summed E-state index contributed by atoms with van der Waals surface area (Å²) in [5, 5.41) is 8.74. The molecule has 1 heterocycles. The van der Waals surface area contributed by atoms with Crippen LogP contribution in [0.2, 0.25) is 0 Å². The van der Waals surface area contributed by atoms with Crippen LogP contribution in [0.5, 0.6) is 0 Å². The van der Waals surface area contributed by atoms with Crippen LogP contribution in [0.1, 0.15) is 11.3 Å². The van der Waals surface area contributed by atoms with Crippen molar-refractivity contribution in [3.05, 3.63) is 47.3 Å². The summed E-state index contributed by atoms with van der Waals surface area (Å²) in [7, 11) is -1.62. The Labute approximate surface area is 145 Å². The first-order valence-electron chi connectivity index (χ1n) is 7.45. The molecular formula is C16H20N2O4S2. The number of benzene rings is 1. The molecule has 2 N–H and O–H groups in total. The molecule has 0 aliphatic rings. The van der Waals surface area contributed by atoms with Crippen molar-refractivity contribution in [1.29, 1.82) is 0 Å². The Balaban J connectivity index is 1.82. The van der Waals surface area contributed by atoms with Gasteiger partial charge in [-0.05, 0) is 30.7 Å². The standard InChI is InChI=1S/C16H20N2O4S2/c1-18(13-6-3-2-4-7-13)11-5-10-17-24(21,22)16-9-8-14(23-16)12-15(19)20/h2-4,6-9,17H,5,10-12H2,1H3,(H,19,20). The van der Waals surface area contributed by atoms with Crippen LogP contribution in [0.15, 0.2) is 46.7 Å². The van der Waals surface area contributed by atoms with Crippen LogP contribution in [-0.2, 0) is 21.2 Å². The Hall–Kier alpha value is -1.90. The van der Waals surface area contributed by atoms with Gasteiger partial charge in [-0.15, -0.1) is 11.3 Å². The van der Waals surface area contributed by atoms with Crippen LogP contribution in [0.25, 0.3) is 0 Å². The minimum Gasteiger partial charge on any atom is -0.481 e. The van der Waals surface area contributed by atoms with Gasteiger partial charge in [0, 0.05) is 30.7 Å². The Morgan fingerprint density at radius 1 is 1.21 bits per heavy atom. The molecule has 0 fully saturated rings. The van der Waals surface area contributed by atoms with Crippen LogP contribution in [0.4, 0.5) is 5.69 Å². The molecule has 0 bridgehead atoms. The summed E-state index contributed by atoms with van der Waals surface area (Å²) in [5.41, 5.74) is 1.08. The van der Waals surface area contributed by atoms with Gasteiger partial charge in [-0.3, -0.25) is 4.79 Å². The van der Waals surface area contributed by atoms with E-state index in [4.69, 9.17) is 5.11 Å².